The number of thiophene rings is 1. The zero-order valence-electron chi connectivity index (χ0n) is 10.0. The van der Waals surface area contributed by atoms with E-state index in [1.807, 2.05) is 11.4 Å². The Morgan fingerprint density at radius 3 is 2.94 bits per heavy atom. The lowest BCUT2D eigenvalue weighted by molar-refractivity contribution is 0.0948. The first-order valence-electron chi connectivity index (χ1n) is 5.79. The minimum absolute atomic E-state index is 0.0370. The van der Waals surface area contributed by atoms with Crippen molar-refractivity contribution in [1.29, 1.82) is 0 Å². The summed E-state index contributed by atoms with van der Waals surface area (Å²) in [6.45, 7) is 2.09. The van der Waals surface area contributed by atoms with E-state index >= 15 is 0 Å². The summed E-state index contributed by atoms with van der Waals surface area (Å²) >= 11 is 1.56. The summed E-state index contributed by atoms with van der Waals surface area (Å²) in [5, 5.41) is 5.68. The number of hydrogen-bond donors (Lipinski definition) is 1. The lowest BCUT2D eigenvalue weighted by Gasteiger charge is -2.08. The van der Waals surface area contributed by atoms with Gasteiger partial charge in [-0.2, -0.15) is 0 Å². The fourth-order valence-corrected chi connectivity index (χ4v) is 4.00. The highest BCUT2D eigenvalue weighted by Gasteiger charge is 2.23. The van der Waals surface area contributed by atoms with Crippen LogP contribution in [0.3, 0.4) is 0 Å². The normalized spacial score (nSPS) is 21.1. The fraction of sp³-hybridized carbons (Fsp3) is 0.417. The molecule has 1 atom stereocenters. The minimum Gasteiger partial charge on any atom is -0.345 e. The molecule has 0 saturated heterocycles. The molecular formula is C12H15NO3S2. The Morgan fingerprint density at radius 2 is 2.33 bits per heavy atom. The second kappa shape index (κ2) is 5.24. The molecule has 0 aromatic carbocycles. The van der Waals surface area contributed by atoms with Crippen LogP contribution in [-0.4, -0.2) is 26.1 Å². The van der Waals surface area contributed by atoms with Crippen molar-refractivity contribution in [2.24, 2.45) is 0 Å². The average molecular weight is 285 g/mol. The van der Waals surface area contributed by atoms with E-state index in [0.29, 0.717) is 5.56 Å². The minimum atomic E-state index is -3.12. The first-order valence-corrected chi connectivity index (χ1v) is 8.39. The van der Waals surface area contributed by atoms with Crippen LogP contribution in [0.15, 0.2) is 22.9 Å². The van der Waals surface area contributed by atoms with Gasteiger partial charge in [0.2, 0.25) is 0 Å². The Hall–Kier alpha value is -1.14. The topological polar surface area (TPSA) is 63.2 Å². The van der Waals surface area contributed by atoms with Crippen molar-refractivity contribution in [3.63, 3.8) is 0 Å². The third kappa shape index (κ3) is 3.20. The van der Waals surface area contributed by atoms with Crippen LogP contribution < -0.4 is 5.32 Å². The van der Waals surface area contributed by atoms with Gasteiger partial charge in [0.05, 0.1) is 17.4 Å². The molecule has 1 aliphatic heterocycles. The Kier molecular flexibility index (Phi) is 3.87. The average Bonchev–Trinajstić information content (AvgIpc) is 2.86. The van der Waals surface area contributed by atoms with E-state index in [-0.39, 0.29) is 11.7 Å². The van der Waals surface area contributed by atoms with Gasteiger partial charge in [0.1, 0.15) is 0 Å². The second-order valence-electron chi connectivity index (χ2n) is 4.29. The van der Waals surface area contributed by atoms with Crippen molar-refractivity contribution in [1.82, 2.24) is 5.32 Å². The molecule has 0 unspecified atom stereocenters. The number of nitrogens with one attached hydrogen (secondary N) is 1. The summed E-state index contributed by atoms with van der Waals surface area (Å²) in [5.74, 6) is -0.245. The number of aryl methyl sites for hydroxylation is 1. The van der Waals surface area contributed by atoms with Crippen LogP contribution in [0.4, 0.5) is 0 Å². The first kappa shape index (κ1) is 13.3. The predicted molar refractivity (Wildman–Crippen MR) is 72.5 cm³/mol. The summed E-state index contributed by atoms with van der Waals surface area (Å²) in [7, 11) is -3.12. The number of sulfone groups is 1. The van der Waals surface area contributed by atoms with Crippen LogP contribution in [0.2, 0.25) is 0 Å². The summed E-state index contributed by atoms with van der Waals surface area (Å²) in [6.07, 6.45) is 3.54. The van der Waals surface area contributed by atoms with Gasteiger partial charge in [-0.25, -0.2) is 8.42 Å². The molecule has 0 saturated carbocycles. The maximum absolute atomic E-state index is 11.9. The SMILES string of the molecule is CCCc1cc(C(=O)N[C@H]2C=CS(=O)(=O)C2)cs1. The molecule has 1 aliphatic rings. The Morgan fingerprint density at radius 1 is 1.56 bits per heavy atom. The quantitative estimate of drug-likeness (QED) is 0.916. The van der Waals surface area contributed by atoms with Gasteiger partial charge in [-0.1, -0.05) is 13.3 Å². The molecule has 1 amide bonds. The Labute approximate surface area is 111 Å². The molecule has 0 aliphatic carbocycles. The van der Waals surface area contributed by atoms with E-state index < -0.39 is 15.9 Å². The van der Waals surface area contributed by atoms with Gasteiger partial charge in [-0.15, -0.1) is 11.3 Å². The van der Waals surface area contributed by atoms with Gasteiger partial charge in [0.15, 0.2) is 9.84 Å². The molecule has 4 nitrogen and oxygen atoms in total. The van der Waals surface area contributed by atoms with E-state index in [1.165, 1.54) is 11.0 Å². The van der Waals surface area contributed by atoms with Crippen molar-refractivity contribution >= 4 is 27.1 Å². The number of carbonyl (C=O) groups is 1. The highest BCUT2D eigenvalue weighted by Crippen LogP contribution is 2.17. The second-order valence-corrected chi connectivity index (χ2v) is 7.22. The van der Waals surface area contributed by atoms with Gasteiger partial charge in [0.25, 0.3) is 5.91 Å². The molecule has 18 heavy (non-hydrogen) atoms. The third-order valence-corrected chi connectivity index (χ3v) is 5.05. The number of carbonyl (C=O) groups excluding carboxylic acids is 1. The van der Waals surface area contributed by atoms with Gasteiger partial charge >= 0.3 is 0 Å². The number of amides is 1. The van der Waals surface area contributed by atoms with E-state index in [0.717, 1.165) is 18.2 Å². The van der Waals surface area contributed by atoms with E-state index in [9.17, 15) is 13.2 Å². The van der Waals surface area contributed by atoms with Gasteiger partial charge < -0.3 is 5.32 Å². The van der Waals surface area contributed by atoms with E-state index in [4.69, 9.17) is 0 Å². The van der Waals surface area contributed by atoms with Crippen LogP contribution >= 0.6 is 11.3 Å². The highest BCUT2D eigenvalue weighted by atomic mass is 32.2. The summed E-state index contributed by atoms with van der Waals surface area (Å²) in [6, 6.07) is 1.47. The lowest BCUT2D eigenvalue weighted by Crippen LogP contribution is -2.35. The van der Waals surface area contributed by atoms with Crippen LogP contribution in [0.25, 0.3) is 0 Å². The number of hydrogen-bond acceptors (Lipinski definition) is 4. The van der Waals surface area contributed by atoms with Crippen molar-refractivity contribution < 1.29 is 13.2 Å². The van der Waals surface area contributed by atoms with Crippen molar-refractivity contribution in [2.75, 3.05) is 5.75 Å². The molecule has 2 heterocycles. The van der Waals surface area contributed by atoms with E-state index in [2.05, 4.69) is 12.2 Å². The fourth-order valence-electron chi connectivity index (χ4n) is 1.79. The molecule has 0 radical (unpaired) electrons. The first-order chi connectivity index (χ1) is 8.50. The number of rotatable bonds is 4. The van der Waals surface area contributed by atoms with Crippen LogP contribution in [0.5, 0.6) is 0 Å². The maximum atomic E-state index is 11.9. The largest absolute Gasteiger partial charge is 0.345 e. The molecular weight excluding hydrogens is 270 g/mol. The van der Waals surface area contributed by atoms with Crippen molar-refractivity contribution in [3.8, 4) is 0 Å². The van der Waals surface area contributed by atoms with Gasteiger partial charge in [0, 0.05) is 15.7 Å². The third-order valence-electron chi connectivity index (χ3n) is 2.66. The molecule has 0 spiro atoms. The van der Waals surface area contributed by atoms with Crippen LogP contribution in [0, 0.1) is 0 Å². The smallest absolute Gasteiger partial charge is 0.252 e. The van der Waals surface area contributed by atoms with Crippen molar-refractivity contribution in [3.05, 3.63) is 33.4 Å². The maximum Gasteiger partial charge on any atom is 0.252 e. The summed E-state index contributed by atoms with van der Waals surface area (Å²) < 4.78 is 22.4. The Balaban J connectivity index is 1.98. The molecule has 98 valence electrons. The zero-order chi connectivity index (χ0) is 13.2. The molecule has 1 aromatic rings. The molecule has 2 rings (SSSR count). The van der Waals surface area contributed by atoms with Gasteiger partial charge in [-0.05, 0) is 18.6 Å². The highest BCUT2D eigenvalue weighted by molar-refractivity contribution is 7.94. The summed E-state index contributed by atoms with van der Waals surface area (Å²) in [4.78, 5) is 13.1. The zero-order valence-corrected chi connectivity index (χ0v) is 11.7. The molecule has 0 fully saturated rings. The predicted octanol–water partition coefficient (Wildman–Crippen LogP) is 1.74. The monoisotopic (exact) mass is 285 g/mol. The lowest BCUT2D eigenvalue weighted by atomic mass is 10.2. The standard InChI is InChI=1S/C12H15NO3S2/c1-2-3-11-6-9(7-17-11)12(14)13-10-4-5-18(15,16)8-10/h4-7,10H,2-3,8H2,1H3,(H,13,14)/t10-/m0/s1. The molecule has 0 bridgehead atoms. The van der Waals surface area contributed by atoms with Gasteiger partial charge in [-0.3, -0.25) is 4.79 Å². The van der Waals surface area contributed by atoms with Crippen LogP contribution in [0.1, 0.15) is 28.6 Å². The van der Waals surface area contributed by atoms with Crippen LogP contribution in [-0.2, 0) is 16.3 Å². The molecule has 6 heteroatoms. The Bertz CT molecular complexity index is 572. The molecule has 1 aromatic heterocycles. The van der Waals surface area contributed by atoms with E-state index in [1.54, 1.807) is 11.3 Å². The molecule has 1 N–H and O–H groups in total. The summed E-state index contributed by atoms with van der Waals surface area (Å²) in [5.41, 5.74) is 0.612. The van der Waals surface area contributed by atoms with Crippen molar-refractivity contribution in [2.45, 2.75) is 25.8 Å².